The molecule has 0 radical (unpaired) electrons. The third kappa shape index (κ3) is 4.53. The normalized spacial score (nSPS) is 17.5. The minimum atomic E-state index is -1.08. The number of carboxylic acid groups (broad SMARTS) is 1. The fourth-order valence-corrected chi connectivity index (χ4v) is 4.48. The number of benzene rings is 1. The zero-order valence-electron chi connectivity index (χ0n) is 12.7. The van der Waals surface area contributed by atoms with Gasteiger partial charge in [0.2, 0.25) is 0 Å². The first-order valence-electron chi connectivity index (χ1n) is 7.24. The maximum Gasteiger partial charge on any atom is 0.343 e. The Hall–Kier alpha value is -1.44. The van der Waals surface area contributed by atoms with Crippen molar-refractivity contribution in [3.8, 4) is 0 Å². The fraction of sp³-hybridized carbons (Fsp3) is 0.375. The van der Waals surface area contributed by atoms with Crippen molar-refractivity contribution >= 4 is 35.4 Å². The molecule has 1 heterocycles. The number of carbonyl (C=O) groups excluding carboxylic acids is 1. The highest BCUT2D eigenvalue weighted by Gasteiger charge is 2.28. The van der Waals surface area contributed by atoms with Crippen LogP contribution in [0.2, 0.25) is 0 Å². The van der Waals surface area contributed by atoms with Gasteiger partial charge in [-0.15, -0.1) is 23.5 Å². The molecule has 0 saturated carbocycles. The third-order valence-corrected chi connectivity index (χ3v) is 6.17. The van der Waals surface area contributed by atoms with Gasteiger partial charge in [-0.2, -0.15) is 0 Å². The summed E-state index contributed by atoms with van der Waals surface area (Å²) in [6, 6.07) is 9.11. The summed E-state index contributed by atoms with van der Waals surface area (Å²) < 4.78 is 0. The average molecular weight is 353 g/mol. The SMILES string of the molecule is CC(c1ccccc1)C(CO)NC(=O)C1=C(C(=O)O)SCCS1. The number of aliphatic hydroxyl groups excluding tert-OH is 1. The maximum atomic E-state index is 12.4. The van der Waals surface area contributed by atoms with Gasteiger partial charge in [-0.3, -0.25) is 4.79 Å². The Bertz CT molecular complexity index is 603. The molecule has 0 spiro atoms. The van der Waals surface area contributed by atoms with E-state index in [-0.39, 0.29) is 22.3 Å². The first kappa shape index (κ1) is 17.9. The monoisotopic (exact) mass is 353 g/mol. The molecule has 1 aromatic rings. The van der Waals surface area contributed by atoms with Crippen molar-refractivity contribution in [3.05, 3.63) is 45.7 Å². The second-order valence-corrected chi connectivity index (χ2v) is 7.33. The summed E-state index contributed by atoms with van der Waals surface area (Å²) in [4.78, 5) is 24.0. The number of hydrogen-bond acceptors (Lipinski definition) is 5. The van der Waals surface area contributed by atoms with Crippen molar-refractivity contribution in [1.82, 2.24) is 5.32 Å². The second kappa shape index (κ2) is 8.42. The maximum absolute atomic E-state index is 12.4. The van der Waals surface area contributed by atoms with Crippen molar-refractivity contribution < 1.29 is 19.8 Å². The first-order valence-corrected chi connectivity index (χ1v) is 9.21. The van der Waals surface area contributed by atoms with E-state index in [1.54, 1.807) is 0 Å². The van der Waals surface area contributed by atoms with Crippen LogP contribution in [0.1, 0.15) is 18.4 Å². The molecule has 1 aliphatic heterocycles. The number of amides is 1. The quantitative estimate of drug-likeness (QED) is 0.726. The van der Waals surface area contributed by atoms with E-state index in [4.69, 9.17) is 0 Å². The highest BCUT2D eigenvalue weighted by atomic mass is 32.2. The molecule has 0 aliphatic carbocycles. The Morgan fingerprint density at radius 1 is 1.17 bits per heavy atom. The van der Waals surface area contributed by atoms with Crippen LogP contribution in [-0.2, 0) is 9.59 Å². The summed E-state index contributed by atoms with van der Waals surface area (Å²) in [5.41, 5.74) is 1.00. The summed E-state index contributed by atoms with van der Waals surface area (Å²) in [6.07, 6.45) is 0. The average Bonchev–Trinajstić information content (AvgIpc) is 2.59. The van der Waals surface area contributed by atoms with Gasteiger partial charge in [0.05, 0.1) is 17.6 Å². The van der Waals surface area contributed by atoms with Crippen molar-refractivity contribution in [2.75, 3.05) is 18.1 Å². The standard InChI is InChI=1S/C16H19NO4S2/c1-10(11-5-3-2-4-6-11)12(9-18)17-15(19)13-14(16(20)21)23-8-7-22-13/h2-6,10,12,18H,7-9H2,1H3,(H,17,19)(H,20,21). The van der Waals surface area contributed by atoms with E-state index < -0.39 is 17.9 Å². The molecule has 0 aromatic heterocycles. The van der Waals surface area contributed by atoms with E-state index in [0.717, 1.165) is 5.56 Å². The largest absolute Gasteiger partial charge is 0.477 e. The van der Waals surface area contributed by atoms with Crippen LogP contribution in [0.3, 0.4) is 0 Å². The molecule has 7 heteroatoms. The van der Waals surface area contributed by atoms with Crippen molar-refractivity contribution in [3.63, 3.8) is 0 Å². The molecule has 1 amide bonds. The van der Waals surface area contributed by atoms with Crippen LogP contribution in [0, 0.1) is 0 Å². The molecular weight excluding hydrogens is 334 g/mol. The summed E-state index contributed by atoms with van der Waals surface area (Å²) in [5, 5.41) is 21.6. The Labute approximate surface area is 143 Å². The summed E-state index contributed by atoms with van der Waals surface area (Å²) in [5.74, 6) is -0.222. The fourth-order valence-electron chi connectivity index (χ4n) is 2.30. The molecule has 0 bridgehead atoms. The highest BCUT2D eigenvalue weighted by molar-refractivity contribution is 8.11. The Balaban J connectivity index is 2.15. The van der Waals surface area contributed by atoms with Gasteiger partial charge in [-0.05, 0) is 5.56 Å². The molecule has 1 aromatic carbocycles. The van der Waals surface area contributed by atoms with Gasteiger partial charge in [-0.1, -0.05) is 37.3 Å². The lowest BCUT2D eigenvalue weighted by Crippen LogP contribution is -2.42. The predicted octanol–water partition coefficient (Wildman–Crippen LogP) is 2.04. The number of rotatable bonds is 6. The Kier molecular flexibility index (Phi) is 6.56. The van der Waals surface area contributed by atoms with E-state index >= 15 is 0 Å². The number of aliphatic hydroxyl groups is 1. The molecule has 2 rings (SSSR count). The van der Waals surface area contributed by atoms with Gasteiger partial charge in [0.25, 0.3) is 5.91 Å². The van der Waals surface area contributed by atoms with Gasteiger partial charge in [0.1, 0.15) is 4.91 Å². The Morgan fingerprint density at radius 2 is 1.78 bits per heavy atom. The number of carbonyl (C=O) groups is 2. The number of hydrogen-bond donors (Lipinski definition) is 3. The van der Waals surface area contributed by atoms with E-state index in [0.29, 0.717) is 11.5 Å². The van der Waals surface area contributed by atoms with Crippen LogP contribution in [0.5, 0.6) is 0 Å². The van der Waals surface area contributed by atoms with Gasteiger partial charge < -0.3 is 15.5 Å². The van der Waals surface area contributed by atoms with Gasteiger partial charge in [0.15, 0.2) is 0 Å². The van der Waals surface area contributed by atoms with Crippen molar-refractivity contribution in [2.24, 2.45) is 0 Å². The second-order valence-electron chi connectivity index (χ2n) is 5.12. The highest BCUT2D eigenvalue weighted by Crippen LogP contribution is 2.34. The predicted molar refractivity (Wildman–Crippen MR) is 93.5 cm³/mol. The van der Waals surface area contributed by atoms with Crippen molar-refractivity contribution in [1.29, 1.82) is 0 Å². The van der Waals surface area contributed by atoms with E-state index in [1.165, 1.54) is 23.5 Å². The Morgan fingerprint density at radius 3 is 2.35 bits per heavy atom. The lowest BCUT2D eigenvalue weighted by molar-refractivity contribution is -0.132. The molecule has 5 nitrogen and oxygen atoms in total. The molecule has 124 valence electrons. The van der Waals surface area contributed by atoms with Gasteiger partial charge in [0, 0.05) is 17.4 Å². The van der Waals surface area contributed by atoms with E-state index in [9.17, 15) is 19.8 Å². The topological polar surface area (TPSA) is 86.6 Å². The zero-order valence-corrected chi connectivity index (χ0v) is 14.3. The number of nitrogens with one attached hydrogen (secondary N) is 1. The summed E-state index contributed by atoms with van der Waals surface area (Å²) in [7, 11) is 0. The van der Waals surface area contributed by atoms with Crippen LogP contribution < -0.4 is 5.32 Å². The van der Waals surface area contributed by atoms with Gasteiger partial charge >= 0.3 is 5.97 Å². The first-order chi connectivity index (χ1) is 11.0. The van der Waals surface area contributed by atoms with Crippen LogP contribution in [0.4, 0.5) is 0 Å². The van der Waals surface area contributed by atoms with Crippen LogP contribution >= 0.6 is 23.5 Å². The van der Waals surface area contributed by atoms with Crippen molar-refractivity contribution in [2.45, 2.75) is 18.9 Å². The molecule has 2 atom stereocenters. The van der Waals surface area contributed by atoms with E-state index in [2.05, 4.69) is 5.32 Å². The minimum Gasteiger partial charge on any atom is -0.477 e. The number of thioether (sulfide) groups is 2. The van der Waals surface area contributed by atoms with Crippen LogP contribution in [0.15, 0.2) is 40.1 Å². The third-order valence-electron chi connectivity index (χ3n) is 3.62. The molecule has 0 saturated heterocycles. The number of aliphatic carboxylic acids is 1. The molecule has 1 aliphatic rings. The van der Waals surface area contributed by atoms with Gasteiger partial charge in [-0.25, -0.2) is 4.79 Å². The molecule has 23 heavy (non-hydrogen) atoms. The molecule has 0 fully saturated rings. The molecule has 3 N–H and O–H groups in total. The van der Waals surface area contributed by atoms with Crippen LogP contribution in [0.25, 0.3) is 0 Å². The smallest absolute Gasteiger partial charge is 0.343 e. The lowest BCUT2D eigenvalue weighted by atomic mass is 9.94. The zero-order chi connectivity index (χ0) is 16.8. The lowest BCUT2D eigenvalue weighted by Gasteiger charge is -2.25. The van der Waals surface area contributed by atoms with Crippen LogP contribution in [-0.4, -0.2) is 46.2 Å². The number of carboxylic acids is 1. The molecule has 2 unspecified atom stereocenters. The molecular formula is C16H19NO4S2. The summed E-state index contributed by atoms with van der Waals surface area (Å²) in [6.45, 7) is 1.71. The minimum absolute atomic E-state index is 0.0831. The van der Waals surface area contributed by atoms with E-state index in [1.807, 2.05) is 37.3 Å². The summed E-state index contributed by atoms with van der Waals surface area (Å²) >= 11 is 2.44.